The molecule has 104 valence electrons. The zero-order valence-electron chi connectivity index (χ0n) is 10.9. The Morgan fingerprint density at radius 1 is 1.25 bits per heavy atom. The summed E-state index contributed by atoms with van der Waals surface area (Å²) >= 11 is 3.30. The van der Waals surface area contributed by atoms with Crippen LogP contribution >= 0.6 is 15.9 Å². The highest BCUT2D eigenvalue weighted by Gasteiger charge is 2.12. The number of nitrogen functional groups attached to an aromatic ring is 1. The fourth-order valence-corrected chi connectivity index (χ4v) is 2.37. The van der Waals surface area contributed by atoms with Gasteiger partial charge in [0.15, 0.2) is 0 Å². The lowest BCUT2D eigenvalue weighted by molar-refractivity contribution is 0.0940. The largest absolute Gasteiger partial charge is 0.399 e. The van der Waals surface area contributed by atoms with Crippen LogP contribution in [-0.2, 0) is 0 Å². The van der Waals surface area contributed by atoms with E-state index in [9.17, 15) is 9.18 Å². The van der Waals surface area contributed by atoms with Gasteiger partial charge < -0.3 is 11.1 Å². The Kier molecular flexibility index (Phi) is 4.39. The molecule has 2 aromatic rings. The van der Waals surface area contributed by atoms with Crippen molar-refractivity contribution in [1.29, 1.82) is 0 Å². The van der Waals surface area contributed by atoms with Crippen LogP contribution in [-0.4, -0.2) is 5.91 Å². The van der Waals surface area contributed by atoms with Crippen LogP contribution in [0.25, 0.3) is 0 Å². The van der Waals surface area contributed by atoms with Crippen molar-refractivity contribution in [3.63, 3.8) is 0 Å². The minimum atomic E-state index is -0.299. The third kappa shape index (κ3) is 3.57. The number of hydrogen-bond donors (Lipinski definition) is 2. The summed E-state index contributed by atoms with van der Waals surface area (Å²) in [4.78, 5) is 12.1. The van der Waals surface area contributed by atoms with E-state index < -0.39 is 0 Å². The number of benzene rings is 2. The van der Waals surface area contributed by atoms with E-state index in [1.807, 2.05) is 6.92 Å². The number of anilines is 1. The highest BCUT2D eigenvalue weighted by molar-refractivity contribution is 9.10. The lowest BCUT2D eigenvalue weighted by Crippen LogP contribution is -2.26. The first-order valence-electron chi connectivity index (χ1n) is 6.08. The second kappa shape index (κ2) is 6.05. The number of nitrogens with two attached hydrogens (primary N) is 1. The lowest BCUT2D eigenvalue weighted by Gasteiger charge is -2.14. The minimum absolute atomic E-state index is 0.219. The Hall–Kier alpha value is -1.88. The maximum absolute atomic E-state index is 12.9. The predicted octanol–water partition coefficient (Wildman–Crippen LogP) is 3.66. The standard InChI is InChI=1S/C15H14BrFN2O/c1-9(10-2-4-13(17)5-3-10)19-15(20)11-6-12(16)8-14(18)7-11/h2-9H,18H2,1H3,(H,19,20). The van der Waals surface area contributed by atoms with Crippen LogP contribution in [0.2, 0.25) is 0 Å². The van der Waals surface area contributed by atoms with E-state index in [0.29, 0.717) is 11.3 Å². The molecule has 0 radical (unpaired) electrons. The van der Waals surface area contributed by atoms with Crippen molar-refractivity contribution >= 4 is 27.5 Å². The monoisotopic (exact) mass is 336 g/mol. The summed E-state index contributed by atoms with van der Waals surface area (Å²) in [7, 11) is 0. The number of carbonyl (C=O) groups excluding carboxylic acids is 1. The average molecular weight is 337 g/mol. The van der Waals surface area contributed by atoms with Crippen LogP contribution in [0, 0.1) is 5.82 Å². The van der Waals surface area contributed by atoms with Gasteiger partial charge in [-0.3, -0.25) is 4.79 Å². The van der Waals surface area contributed by atoms with Crippen molar-refractivity contribution in [3.8, 4) is 0 Å². The van der Waals surface area contributed by atoms with E-state index in [1.165, 1.54) is 12.1 Å². The highest BCUT2D eigenvalue weighted by Crippen LogP contribution is 2.19. The smallest absolute Gasteiger partial charge is 0.251 e. The van der Waals surface area contributed by atoms with E-state index in [2.05, 4.69) is 21.2 Å². The van der Waals surface area contributed by atoms with Gasteiger partial charge in [-0.25, -0.2) is 4.39 Å². The van der Waals surface area contributed by atoms with Gasteiger partial charge in [-0.1, -0.05) is 28.1 Å². The zero-order chi connectivity index (χ0) is 14.7. The summed E-state index contributed by atoms with van der Waals surface area (Å²) in [5.41, 5.74) is 7.53. The summed E-state index contributed by atoms with van der Waals surface area (Å²) in [5.74, 6) is -0.526. The Bertz CT molecular complexity index is 608. The van der Waals surface area contributed by atoms with E-state index in [-0.39, 0.29) is 17.8 Å². The SMILES string of the molecule is CC(NC(=O)c1cc(N)cc(Br)c1)c1ccc(F)cc1. The summed E-state index contributed by atoms with van der Waals surface area (Å²) < 4.78 is 13.6. The molecule has 0 aliphatic rings. The summed E-state index contributed by atoms with van der Waals surface area (Å²) in [5, 5.41) is 2.85. The molecule has 0 fully saturated rings. The third-order valence-electron chi connectivity index (χ3n) is 2.90. The Morgan fingerprint density at radius 2 is 1.90 bits per heavy atom. The molecule has 1 unspecified atom stereocenters. The second-order valence-corrected chi connectivity index (χ2v) is 5.44. The number of amides is 1. The Balaban J connectivity index is 2.12. The molecule has 0 aliphatic carbocycles. The first kappa shape index (κ1) is 14.5. The summed E-state index contributed by atoms with van der Waals surface area (Å²) in [6.45, 7) is 1.84. The van der Waals surface area contributed by atoms with Crippen LogP contribution < -0.4 is 11.1 Å². The van der Waals surface area contributed by atoms with Crippen LogP contribution in [0.4, 0.5) is 10.1 Å². The minimum Gasteiger partial charge on any atom is -0.399 e. The molecule has 1 amide bonds. The number of carbonyl (C=O) groups is 1. The predicted molar refractivity (Wildman–Crippen MR) is 80.8 cm³/mol. The fraction of sp³-hybridized carbons (Fsp3) is 0.133. The molecular formula is C15H14BrFN2O. The maximum atomic E-state index is 12.9. The van der Waals surface area contributed by atoms with Crippen LogP contribution in [0.3, 0.4) is 0 Å². The molecule has 0 saturated carbocycles. The number of hydrogen-bond acceptors (Lipinski definition) is 2. The van der Waals surface area contributed by atoms with Crippen molar-refractivity contribution in [2.75, 3.05) is 5.73 Å². The molecule has 2 rings (SSSR count). The van der Waals surface area contributed by atoms with Gasteiger partial charge in [0.2, 0.25) is 0 Å². The summed E-state index contributed by atoms with van der Waals surface area (Å²) in [6.07, 6.45) is 0. The van der Waals surface area contributed by atoms with E-state index in [4.69, 9.17) is 5.73 Å². The number of halogens is 2. The van der Waals surface area contributed by atoms with Gasteiger partial charge >= 0.3 is 0 Å². The highest BCUT2D eigenvalue weighted by atomic mass is 79.9. The van der Waals surface area contributed by atoms with E-state index >= 15 is 0 Å². The summed E-state index contributed by atoms with van der Waals surface area (Å²) in [6, 6.07) is 10.8. The van der Waals surface area contributed by atoms with Gasteiger partial charge in [-0.05, 0) is 42.8 Å². The number of rotatable bonds is 3. The van der Waals surface area contributed by atoms with Gasteiger partial charge in [0, 0.05) is 15.7 Å². The van der Waals surface area contributed by atoms with E-state index in [0.717, 1.165) is 10.0 Å². The topological polar surface area (TPSA) is 55.1 Å². The van der Waals surface area contributed by atoms with Crippen molar-refractivity contribution in [2.45, 2.75) is 13.0 Å². The molecule has 0 aliphatic heterocycles. The van der Waals surface area contributed by atoms with Gasteiger partial charge in [0.25, 0.3) is 5.91 Å². The van der Waals surface area contributed by atoms with Gasteiger partial charge in [-0.15, -0.1) is 0 Å². The van der Waals surface area contributed by atoms with Gasteiger partial charge in [0.1, 0.15) is 5.82 Å². The van der Waals surface area contributed by atoms with Crippen molar-refractivity contribution < 1.29 is 9.18 Å². The molecule has 3 nitrogen and oxygen atoms in total. The Labute approximate surface area is 125 Å². The molecule has 5 heteroatoms. The van der Waals surface area contributed by atoms with Crippen LogP contribution in [0.1, 0.15) is 28.9 Å². The molecule has 0 saturated heterocycles. The quantitative estimate of drug-likeness (QED) is 0.840. The Morgan fingerprint density at radius 3 is 2.50 bits per heavy atom. The lowest BCUT2D eigenvalue weighted by atomic mass is 10.1. The van der Waals surface area contributed by atoms with Crippen molar-refractivity contribution in [1.82, 2.24) is 5.32 Å². The molecule has 0 heterocycles. The molecule has 2 aromatic carbocycles. The average Bonchev–Trinajstić information content (AvgIpc) is 2.38. The molecular weight excluding hydrogens is 323 g/mol. The van der Waals surface area contributed by atoms with Crippen LogP contribution in [0.5, 0.6) is 0 Å². The second-order valence-electron chi connectivity index (χ2n) is 4.52. The molecule has 20 heavy (non-hydrogen) atoms. The van der Waals surface area contributed by atoms with Crippen LogP contribution in [0.15, 0.2) is 46.9 Å². The van der Waals surface area contributed by atoms with Crippen molar-refractivity contribution in [3.05, 3.63) is 63.9 Å². The third-order valence-corrected chi connectivity index (χ3v) is 3.36. The molecule has 3 N–H and O–H groups in total. The van der Waals surface area contributed by atoms with Crippen molar-refractivity contribution in [2.24, 2.45) is 0 Å². The van der Waals surface area contributed by atoms with E-state index in [1.54, 1.807) is 30.3 Å². The zero-order valence-corrected chi connectivity index (χ0v) is 12.4. The first-order chi connectivity index (χ1) is 9.45. The molecule has 0 aromatic heterocycles. The first-order valence-corrected chi connectivity index (χ1v) is 6.87. The molecule has 1 atom stereocenters. The molecule has 0 spiro atoms. The molecule has 0 bridgehead atoms. The van der Waals surface area contributed by atoms with Gasteiger partial charge in [-0.2, -0.15) is 0 Å². The fourth-order valence-electron chi connectivity index (χ4n) is 1.86. The van der Waals surface area contributed by atoms with Gasteiger partial charge in [0.05, 0.1) is 6.04 Å². The maximum Gasteiger partial charge on any atom is 0.251 e. The number of nitrogens with one attached hydrogen (secondary N) is 1. The normalized spacial score (nSPS) is 11.9.